The first kappa shape index (κ1) is 19.0. The average molecular weight is 393 g/mol. The van der Waals surface area contributed by atoms with Crippen molar-refractivity contribution in [1.29, 1.82) is 0 Å². The van der Waals surface area contributed by atoms with Gasteiger partial charge in [-0.1, -0.05) is 29.3 Å². The third kappa shape index (κ3) is 4.70. The number of ether oxygens (including phenoxy) is 1. The van der Waals surface area contributed by atoms with E-state index in [-0.39, 0.29) is 11.8 Å². The standard InChI is InChI=1S/C20H22Cl2N2O2/c1-13-5-19(26-12-14-6-17(21)8-18(22)7-14)4-3-15(13)9-24-10-16(11-24)20(25)23-2/h3-8,16H,9-12H2,1-2H3,(H,23,25). The van der Waals surface area contributed by atoms with Crippen LogP contribution in [0.1, 0.15) is 16.7 Å². The maximum absolute atomic E-state index is 11.6. The molecule has 1 amide bonds. The fourth-order valence-electron chi connectivity index (χ4n) is 3.11. The van der Waals surface area contributed by atoms with E-state index in [2.05, 4.69) is 23.2 Å². The summed E-state index contributed by atoms with van der Waals surface area (Å²) in [6.45, 7) is 4.97. The zero-order valence-electron chi connectivity index (χ0n) is 14.9. The average Bonchev–Trinajstić information content (AvgIpc) is 2.56. The quantitative estimate of drug-likeness (QED) is 0.805. The number of carbonyl (C=O) groups excluding carboxylic acids is 1. The number of halogens is 2. The van der Waals surface area contributed by atoms with Crippen LogP contribution in [0.3, 0.4) is 0 Å². The highest BCUT2D eigenvalue weighted by atomic mass is 35.5. The van der Waals surface area contributed by atoms with Crippen molar-refractivity contribution in [2.24, 2.45) is 5.92 Å². The van der Waals surface area contributed by atoms with Gasteiger partial charge in [0.05, 0.1) is 5.92 Å². The number of benzene rings is 2. The number of rotatable bonds is 6. The van der Waals surface area contributed by atoms with Crippen molar-refractivity contribution in [2.75, 3.05) is 20.1 Å². The van der Waals surface area contributed by atoms with Gasteiger partial charge < -0.3 is 10.1 Å². The number of aryl methyl sites for hydroxylation is 1. The summed E-state index contributed by atoms with van der Waals surface area (Å²) in [5.74, 6) is 1.06. The Bertz CT molecular complexity index is 784. The molecule has 3 rings (SSSR count). The minimum absolute atomic E-state index is 0.118. The molecule has 1 N–H and O–H groups in total. The second kappa shape index (κ2) is 8.30. The molecule has 1 aliphatic rings. The van der Waals surface area contributed by atoms with Gasteiger partial charge in [0.1, 0.15) is 12.4 Å². The molecule has 2 aromatic rings. The number of nitrogens with one attached hydrogen (secondary N) is 1. The fraction of sp³-hybridized carbons (Fsp3) is 0.350. The van der Waals surface area contributed by atoms with Crippen LogP contribution in [-0.4, -0.2) is 30.9 Å². The maximum atomic E-state index is 11.6. The predicted octanol–water partition coefficient (Wildman–Crippen LogP) is 4.06. The van der Waals surface area contributed by atoms with Crippen LogP contribution in [0, 0.1) is 12.8 Å². The molecule has 0 bridgehead atoms. The van der Waals surface area contributed by atoms with Gasteiger partial charge >= 0.3 is 0 Å². The smallest absolute Gasteiger partial charge is 0.225 e. The largest absolute Gasteiger partial charge is 0.489 e. The van der Waals surface area contributed by atoms with E-state index in [0.29, 0.717) is 16.7 Å². The molecule has 1 heterocycles. The van der Waals surface area contributed by atoms with Crippen molar-refractivity contribution >= 4 is 29.1 Å². The summed E-state index contributed by atoms with van der Waals surface area (Å²) >= 11 is 12.0. The fourth-order valence-corrected chi connectivity index (χ4v) is 3.68. The molecule has 0 spiro atoms. The van der Waals surface area contributed by atoms with E-state index in [4.69, 9.17) is 27.9 Å². The lowest BCUT2D eigenvalue weighted by Gasteiger charge is -2.38. The Morgan fingerprint density at radius 2 is 1.88 bits per heavy atom. The topological polar surface area (TPSA) is 41.6 Å². The molecule has 4 nitrogen and oxygen atoms in total. The van der Waals surface area contributed by atoms with E-state index in [1.807, 2.05) is 24.3 Å². The van der Waals surface area contributed by atoms with Crippen molar-refractivity contribution in [2.45, 2.75) is 20.1 Å². The SMILES string of the molecule is CNC(=O)C1CN(Cc2ccc(OCc3cc(Cl)cc(Cl)c3)cc2C)C1. The van der Waals surface area contributed by atoms with Crippen molar-refractivity contribution in [1.82, 2.24) is 10.2 Å². The highest BCUT2D eigenvalue weighted by molar-refractivity contribution is 6.34. The minimum Gasteiger partial charge on any atom is -0.489 e. The first-order valence-corrected chi connectivity index (χ1v) is 9.31. The van der Waals surface area contributed by atoms with Crippen LogP contribution in [0.15, 0.2) is 36.4 Å². The third-order valence-electron chi connectivity index (χ3n) is 4.61. The van der Waals surface area contributed by atoms with Crippen LogP contribution in [0.5, 0.6) is 5.75 Å². The van der Waals surface area contributed by atoms with Crippen molar-refractivity contribution in [3.8, 4) is 5.75 Å². The zero-order chi connectivity index (χ0) is 18.7. The van der Waals surface area contributed by atoms with Gasteiger partial charge in [-0.15, -0.1) is 0 Å². The normalized spacial score (nSPS) is 14.8. The Labute approximate surface area is 164 Å². The maximum Gasteiger partial charge on any atom is 0.225 e. The molecule has 0 unspecified atom stereocenters. The second-order valence-corrected chi connectivity index (χ2v) is 7.53. The van der Waals surface area contributed by atoms with E-state index in [1.165, 1.54) is 11.1 Å². The lowest BCUT2D eigenvalue weighted by molar-refractivity contribution is -0.129. The molecule has 1 saturated heterocycles. The number of hydrogen-bond acceptors (Lipinski definition) is 3. The van der Waals surface area contributed by atoms with E-state index >= 15 is 0 Å². The van der Waals surface area contributed by atoms with Crippen LogP contribution in [0.2, 0.25) is 10.0 Å². The van der Waals surface area contributed by atoms with E-state index in [0.717, 1.165) is 30.9 Å². The van der Waals surface area contributed by atoms with Crippen molar-refractivity contribution < 1.29 is 9.53 Å². The Morgan fingerprint density at radius 1 is 1.19 bits per heavy atom. The molecule has 0 atom stereocenters. The summed E-state index contributed by atoms with van der Waals surface area (Å²) in [6.07, 6.45) is 0. The molecule has 2 aromatic carbocycles. The van der Waals surface area contributed by atoms with Gasteiger partial charge in [-0.05, 0) is 53.9 Å². The monoisotopic (exact) mass is 392 g/mol. The highest BCUT2D eigenvalue weighted by Crippen LogP contribution is 2.24. The first-order chi connectivity index (χ1) is 12.4. The molecule has 0 aromatic heterocycles. The van der Waals surface area contributed by atoms with Crippen LogP contribution in [0.4, 0.5) is 0 Å². The van der Waals surface area contributed by atoms with Crippen LogP contribution < -0.4 is 10.1 Å². The van der Waals surface area contributed by atoms with Gasteiger partial charge in [0.2, 0.25) is 5.91 Å². The highest BCUT2D eigenvalue weighted by Gasteiger charge is 2.31. The molecule has 0 saturated carbocycles. The summed E-state index contributed by atoms with van der Waals surface area (Å²) in [4.78, 5) is 13.8. The molecular formula is C20H22Cl2N2O2. The summed E-state index contributed by atoms with van der Waals surface area (Å²) in [5.41, 5.74) is 3.36. The van der Waals surface area contributed by atoms with Crippen molar-refractivity contribution in [3.63, 3.8) is 0 Å². The van der Waals surface area contributed by atoms with E-state index in [1.54, 1.807) is 13.1 Å². The lowest BCUT2D eigenvalue weighted by Crippen LogP contribution is -2.52. The van der Waals surface area contributed by atoms with Gasteiger partial charge in [0.15, 0.2) is 0 Å². The summed E-state index contributed by atoms with van der Waals surface area (Å²) in [7, 11) is 1.69. The first-order valence-electron chi connectivity index (χ1n) is 8.56. The van der Waals surface area contributed by atoms with Crippen LogP contribution in [-0.2, 0) is 17.9 Å². The molecule has 26 heavy (non-hydrogen) atoms. The van der Waals surface area contributed by atoms with Crippen LogP contribution >= 0.6 is 23.2 Å². The molecule has 1 aliphatic heterocycles. The summed E-state index contributed by atoms with van der Waals surface area (Å²) in [6, 6.07) is 11.5. The number of nitrogens with zero attached hydrogens (tertiary/aromatic N) is 1. The molecule has 0 radical (unpaired) electrons. The Morgan fingerprint density at radius 3 is 2.50 bits per heavy atom. The molecule has 6 heteroatoms. The lowest BCUT2D eigenvalue weighted by atomic mass is 9.97. The Kier molecular flexibility index (Phi) is 6.07. The second-order valence-electron chi connectivity index (χ2n) is 6.66. The van der Waals surface area contributed by atoms with Gasteiger partial charge in [0, 0.05) is 36.7 Å². The van der Waals surface area contributed by atoms with Crippen molar-refractivity contribution in [3.05, 3.63) is 63.1 Å². The zero-order valence-corrected chi connectivity index (χ0v) is 16.4. The van der Waals surface area contributed by atoms with Gasteiger partial charge in [0.25, 0.3) is 0 Å². The summed E-state index contributed by atoms with van der Waals surface area (Å²) in [5, 5.41) is 3.91. The number of likely N-dealkylation sites (tertiary alicyclic amines) is 1. The van der Waals surface area contributed by atoms with E-state index < -0.39 is 0 Å². The van der Waals surface area contributed by atoms with Gasteiger partial charge in [-0.2, -0.15) is 0 Å². The number of hydrogen-bond donors (Lipinski definition) is 1. The third-order valence-corrected chi connectivity index (χ3v) is 5.05. The molecule has 0 aliphatic carbocycles. The number of amides is 1. The van der Waals surface area contributed by atoms with Gasteiger partial charge in [-0.25, -0.2) is 0 Å². The molecule has 1 fully saturated rings. The van der Waals surface area contributed by atoms with E-state index in [9.17, 15) is 4.79 Å². The number of carbonyl (C=O) groups is 1. The van der Waals surface area contributed by atoms with Gasteiger partial charge in [-0.3, -0.25) is 9.69 Å². The minimum atomic E-state index is 0.118. The summed E-state index contributed by atoms with van der Waals surface area (Å²) < 4.78 is 5.86. The Balaban J connectivity index is 1.55. The van der Waals surface area contributed by atoms with Crippen LogP contribution in [0.25, 0.3) is 0 Å². The molecule has 138 valence electrons. The Hall–Kier alpha value is -1.75. The predicted molar refractivity (Wildman–Crippen MR) is 105 cm³/mol. The molecular weight excluding hydrogens is 371 g/mol.